The molecule has 2 heterocycles. The zero-order chi connectivity index (χ0) is 15.0. The summed E-state index contributed by atoms with van der Waals surface area (Å²) >= 11 is 7.49. The average molecular weight is 320 g/mol. The van der Waals surface area contributed by atoms with E-state index in [-0.39, 0.29) is 0 Å². The number of aliphatic carboxylic acids is 1. The lowest BCUT2D eigenvalue weighted by Crippen LogP contribution is -2.20. The topological polar surface area (TPSA) is 89.1 Å². The predicted octanol–water partition coefficient (Wildman–Crippen LogP) is 3.10. The van der Waals surface area contributed by atoms with E-state index in [2.05, 4.69) is 9.97 Å². The molecule has 0 bridgehead atoms. The number of carbonyl (C=O) groups is 1. The van der Waals surface area contributed by atoms with Crippen LogP contribution in [0.1, 0.15) is 11.7 Å². The van der Waals surface area contributed by atoms with Gasteiger partial charge in [-0.15, -0.1) is 11.3 Å². The van der Waals surface area contributed by atoms with Crippen LogP contribution >= 0.6 is 22.9 Å². The first-order chi connectivity index (χ1) is 10.1. The SMILES string of the molecule is NC(C(=O)O)c1csc(-c2ccc(Cl)c3cccnc23)n1. The van der Waals surface area contributed by atoms with Gasteiger partial charge >= 0.3 is 5.97 Å². The number of benzene rings is 1. The maximum atomic E-state index is 10.9. The Kier molecular flexibility index (Phi) is 3.59. The Hall–Kier alpha value is -2.02. The van der Waals surface area contributed by atoms with Crippen molar-refractivity contribution in [3.63, 3.8) is 0 Å². The molecule has 0 aliphatic rings. The van der Waals surface area contributed by atoms with Crippen LogP contribution < -0.4 is 5.73 Å². The molecule has 0 amide bonds. The van der Waals surface area contributed by atoms with E-state index in [4.69, 9.17) is 22.4 Å². The lowest BCUT2D eigenvalue weighted by atomic mass is 10.1. The highest BCUT2D eigenvalue weighted by Gasteiger charge is 2.19. The Bertz CT molecular complexity index is 834. The van der Waals surface area contributed by atoms with E-state index in [9.17, 15) is 4.79 Å². The molecule has 106 valence electrons. The van der Waals surface area contributed by atoms with E-state index in [0.717, 1.165) is 16.5 Å². The maximum Gasteiger partial charge on any atom is 0.326 e. The second-order valence-electron chi connectivity index (χ2n) is 4.39. The number of pyridine rings is 1. The van der Waals surface area contributed by atoms with Crippen LogP contribution in [0.2, 0.25) is 5.02 Å². The number of fused-ring (bicyclic) bond motifs is 1. The molecule has 0 saturated heterocycles. The van der Waals surface area contributed by atoms with E-state index < -0.39 is 12.0 Å². The third-order valence-corrected chi connectivity index (χ3v) is 4.28. The molecular formula is C14H10ClN3O2S. The summed E-state index contributed by atoms with van der Waals surface area (Å²) in [6.07, 6.45) is 1.68. The monoisotopic (exact) mass is 319 g/mol. The van der Waals surface area contributed by atoms with E-state index in [1.807, 2.05) is 18.2 Å². The van der Waals surface area contributed by atoms with Crippen LogP contribution in [0, 0.1) is 0 Å². The smallest absolute Gasteiger partial charge is 0.326 e. The zero-order valence-electron chi connectivity index (χ0n) is 10.7. The fourth-order valence-electron chi connectivity index (χ4n) is 1.99. The molecule has 3 N–H and O–H groups in total. The van der Waals surface area contributed by atoms with Crippen LogP contribution in [-0.2, 0) is 4.79 Å². The maximum absolute atomic E-state index is 10.9. The van der Waals surface area contributed by atoms with E-state index >= 15 is 0 Å². The van der Waals surface area contributed by atoms with Gasteiger partial charge in [0.2, 0.25) is 0 Å². The van der Waals surface area contributed by atoms with Gasteiger partial charge in [-0.3, -0.25) is 9.78 Å². The first-order valence-corrected chi connectivity index (χ1v) is 7.31. The van der Waals surface area contributed by atoms with Gasteiger partial charge in [-0.25, -0.2) is 4.98 Å². The lowest BCUT2D eigenvalue weighted by Gasteiger charge is -2.05. The van der Waals surface area contributed by atoms with Crippen LogP contribution in [0.4, 0.5) is 0 Å². The van der Waals surface area contributed by atoms with Crippen molar-refractivity contribution in [1.29, 1.82) is 0 Å². The van der Waals surface area contributed by atoms with Gasteiger partial charge in [0, 0.05) is 22.5 Å². The van der Waals surface area contributed by atoms with Crippen molar-refractivity contribution in [1.82, 2.24) is 9.97 Å². The van der Waals surface area contributed by atoms with Crippen molar-refractivity contribution in [2.75, 3.05) is 0 Å². The molecular weight excluding hydrogens is 310 g/mol. The molecule has 1 aromatic carbocycles. The largest absolute Gasteiger partial charge is 0.480 e. The minimum absolute atomic E-state index is 0.335. The van der Waals surface area contributed by atoms with Crippen molar-refractivity contribution >= 4 is 39.8 Å². The van der Waals surface area contributed by atoms with E-state index in [1.54, 1.807) is 17.6 Å². The summed E-state index contributed by atoms with van der Waals surface area (Å²) in [7, 11) is 0. The van der Waals surface area contributed by atoms with Gasteiger partial charge in [0.1, 0.15) is 11.0 Å². The fourth-order valence-corrected chi connectivity index (χ4v) is 3.09. The summed E-state index contributed by atoms with van der Waals surface area (Å²) in [5, 5.41) is 12.7. The Morgan fingerprint density at radius 2 is 2.19 bits per heavy atom. The van der Waals surface area contributed by atoms with Crippen molar-refractivity contribution in [3.8, 4) is 10.6 Å². The first kappa shape index (κ1) is 13.9. The predicted molar refractivity (Wildman–Crippen MR) is 82.4 cm³/mol. The van der Waals surface area contributed by atoms with Crippen molar-refractivity contribution in [2.45, 2.75) is 6.04 Å². The zero-order valence-corrected chi connectivity index (χ0v) is 12.2. The number of nitrogens with zero attached hydrogens (tertiary/aromatic N) is 2. The Morgan fingerprint density at radius 1 is 1.38 bits per heavy atom. The van der Waals surface area contributed by atoms with E-state index in [1.165, 1.54) is 11.3 Å². The Morgan fingerprint density at radius 3 is 2.95 bits per heavy atom. The van der Waals surface area contributed by atoms with Gasteiger partial charge in [0.05, 0.1) is 16.2 Å². The summed E-state index contributed by atoms with van der Waals surface area (Å²) in [5.41, 5.74) is 7.45. The molecule has 5 nitrogen and oxygen atoms in total. The molecule has 3 aromatic rings. The normalized spacial score (nSPS) is 12.5. The highest BCUT2D eigenvalue weighted by Crippen LogP contribution is 2.33. The molecule has 21 heavy (non-hydrogen) atoms. The first-order valence-electron chi connectivity index (χ1n) is 6.05. The van der Waals surface area contributed by atoms with Crippen molar-refractivity contribution in [2.24, 2.45) is 5.73 Å². The lowest BCUT2D eigenvalue weighted by molar-refractivity contribution is -0.138. The molecule has 7 heteroatoms. The molecule has 0 spiro atoms. The highest BCUT2D eigenvalue weighted by molar-refractivity contribution is 7.13. The summed E-state index contributed by atoms with van der Waals surface area (Å²) in [5.74, 6) is -1.11. The second-order valence-corrected chi connectivity index (χ2v) is 5.65. The van der Waals surface area contributed by atoms with Crippen LogP contribution in [0.25, 0.3) is 21.5 Å². The molecule has 3 rings (SSSR count). The summed E-state index contributed by atoms with van der Waals surface area (Å²) in [4.78, 5) is 19.6. The molecule has 0 aliphatic heterocycles. The van der Waals surface area contributed by atoms with E-state index in [0.29, 0.717) is 15.7 Å². The van der Waals surface area contributed by atoms with Gasteiger partial charge in [-0.05, 0) is 24.3 Å². The molecule has 0 fully saturated rings. The van der Waals surface area contributed by atoms with Gasteiger partial charge in [-0.1, -0.05) is 11.6 Å². The molecule has 0 saturated carbocycles. The number of rotatable bonds is 3. The fraction of sp³-hybridized carbons (Fsp3) is 0.0714. The number of nitrogens with two attached hydrogens (primary N) is 1. The molecule has 0 aliphatic carbocycles. The van der Waals surface area contributed by atoms with Crippen molar-refractivity contribution in [3.05, 3.63) is 46.6 Å². The van der Waals surface area contributed by atoms with Gasteiger partial charge in [-0.2, -0.15) is 0 Å². The Balaban J connectivity index is 2.14. The van der Waals surface area contributed by atoms with Gasteiger partial charge < -0.3 is 10.8 Å². The molecule has 2 aromatic heterocycles. The van der Waals surface area contributed by atoms with Crippen molar-refractivity contribution < 1.29 is 9.90 Å². The number of carboxylic acids is 1. The molecule has 1 unspecified atom stereocenters. The minimum Gasteiger partial charge on any atom is -0.480 e. The summed E-state index contributed by atoms with van der Waals surface area (Å²) in [6.45, 7) is 0. The molecule has 1 atom stereocenters. The third-order valence-electron chi connectivity index (χ3n) is 3.05. The van der Waals surface area contributed by atoms with Crippen LogP contribution in [0.5, 0.6) is 0 Å². The Labute approximate surface area is 129 Å². The van der Waals surface area contributed by atoms with Gasteiger partial charge in [0.25, 0.3) is 0 Å². The van der Waals surface area contributed by atoms with Crippen LogP contribution in [0.15, 0.2) is 35.8 Å². The summed E-state index contributed by atoms with van der Waals surface area (Å²) < 4.78 is 0. The van der Waals surface area contributed by atoms with Crippen LogP contribution in [-0.4, -0.2) is 21.0 Å². The number of hydrogen-bond donors (Lipinski definition) is 2. The summed E-state index contributed by atoms with van der Waals surface area (Å²) in [6, 6.07) is 6.17. The standard InChI is InChI=1S/C14H10ClN3O2S/c15-9-4-3-8(12-7(9)2-1-5-17-12)13-18-10(6-21-13)11(16)14(19)20/h1-6,11H,16H2,(H,19,20). The number of hydrogen-bond acceptors (Lipinski definition) is 5. The average Bonchev–Trinajstić information content (AvgIpc) is 2.96. The minimum atomic E-state index is -1.12. The number of aromatic nitrogens is 2. The third kappa shape index (κ3) is 2.49. The quantitative estimate of drug-likeness (QED) is 0.774. The number of halogens is 1. The molecule has 0 radical (unpaired) electrons. The highest BCUT2D eigenvalue weighted by atomic mass is 35.5. The number of thiazole rings is 1. The number of carboxylic acid groups (broad SMARTS) is 1. The second kappa shape index (κ2) is 5.40. The van der Waals surface area contributed by atoms with Gasteiger partial charge in [0.15, 0.2) is 0 Å². The van der Waals surface area contributed by atoms with Crippen LogP contribution in [0.3, 0.4) is 0 Å².